The van der Waals surface area contributed by atoms with Gasteiger partial charge in [-0.15, -0.1) is 0 Å². The monoisotopic (exact) mass is 226 g/mol. The maximum Gasteiger partial charge on any atom is 0.304 e. The lowest BCUT2D eigenvalue weighted by Gasteiger charge is -2.31. The van der Waals surface area contributed by atoms with Crippen LogP contribution in [0, 0.1) is 11.8 Å². The quantitative estimate of drug-likeness (QED) is 0.778. The molecule has 92 valence electrons. The van der Waals surface area contributed by atoms with Crippen molar-refractivity contribution in [2.24, 2.45) is 16.8 Å². The molecule has 0 aliphatic carbocycles. The first-order valence-electron chi connectivity index (χ1n) is 5.98. The van der Waals surface area contributed by atoms with Crippen LogP contribution >= 0.6 is 0 Å². The van der Waals surface area contributed by atoms with Crippen molar-refractivity contribution in [2.75, 3.05) is 20.1 Å². The molecule has 0 bridgehead atoms. The summed E-state index contributed by atoms with van der Waals surface area (Å²) in [7, 11) is 2.01. The van der Waals surface area contributed by atoms with Gasteiger partial charge in [0, 0.05) is 26.1 Å². The predicted molar refractivity (Wildman–Crippen MR) is 64.7 cm³/mol. The number of rotatable bonds is 5. The molecule has 1 heterocycles. The van der Waals surface area contributed by atoms with E-state index in [2.05, 4.69) is 23.7 Å². The molecule has 0 saturated carbocycles. The van der Waals surface area contributed by atoms with Crippen molar-refractivity contribution < 1.29 is 9.90 Å². The topological polar surface area (TPSA) is 52.9 Å². The Labute approximate surface area is 97.4 Å². The summed E-state index contributed by atoms with van der Waals surface area (Å²) in [6.07, 6.45) is 2.16. The average Bonchev–Trinajstić information content (AvgIpc) is 2.15. The predicted octanol–water partition coefficient (Wildman–Crippen LogP) is 1.86. The second kappa shape index (κ2) is 5.87. The van der Waals surface area contributed by atoms with Gasteiger partial charge in [-0.2, -0.15) is 0 Å². The largest absolute Gasteiger partial charge is 0.481 e. The van der Waals surface area contributed by atoms with E-state index >= 15 is 0 Å². The maximum atomic E-state index is 10.9. The highest BCUT2D eigenvalue weighted by Gasteiger charge is 2.24. The minimum absolute atomic E-state index is 0.0720. The van der Waals surface area contributed by atoms with Gasteiger partial charge in [0.15, 0.2) is 0 Å². The molecule has 1 atom stereocenters. The van der Waals surface area contributed by atoms with E-state index in [1.54, 1.807) is 0 Å². The smallest absolute Gasteiger partial charge is 0.304 e. The molecule has 4 nitrogen and oxygen atoms in total. The van der Waals surface area contributed by atoms with Gasteiger partial charge in [0.1, 0.15) is 5.84 Å². The van der Waals surface area contributed by atoms with Gasteiger partial charge >= 0.3 is 5.97 Å². The first-order chi connectivity index (χ1) is 7.50. The van der Waals surface area contributed by atoms with Crippen LogP contribution in [0.2, 0.25) is 0 Å². The fourth-order valence-corrected chi connectivity index (χ4v) is 2.24. The molecule has 4 heteroatoms. The molecule has 0 saturated heterocycles. The normalized spacial score (nSPS) is 18.5. The third-order valence-electron chi connectivity index (χ3n) is 2.86. The van der Waals surface area contributed by atoms with Crippen molar-refractivity contribution in [2.45, 2.75) is 33.1 Å². The summed E-state index contributed by atoms with van der Waals surface area (Å²) in [5.41, 5.74) is 0. The highest BCUT2D eigenvalue weighted by Crippen LogP contribution is 2.21. The summed E-state index contributed by atoms with van der Waals surface area (Å²) in [6.45, 7) is 6.08. The summed E-state index contributed by atoms with van der Waals surface area (Å²) in [5.74, 6) is 0.833. The second-order valence-corrected chi connectivity index (χ2v) is 4.94. The molecule has 0 aromatic heterocycles. The average molecular weight is 226 g/mol. The first kappa shape index (κ1) is 13.0. The molecule has 0 aromatic carbocycles. The van der Waals surface area contributed by atoms with E-state index < -0.39 is 5.97 Å². The summed E-state index contributed by atoms with van der Waals surface area (Å²) >= 11 is 0. The second-order valence-electron chi connectivity index (χ2n) is 4.94. The van der Waals surface area contributed by atoms with Crippen LogP contribution in [0.25, 0.3) is 0 Å². The van der Waals surface area contributed by atoms with Gasteiger partial charge in [0.25, 0.3) is 0 Å². The molecule has 0 aromatic rings. The van der Waals surface area contributed by atoms with E-state index in [-0.39, 0.29) is 12.3 Å². The number of aliphatic imine (C=N–C) groups is 1. The van der Waals surface area contributed by atoms with Crippen LogP contribution in [-0.4, -0.2) is 41.9 Å². The van der Waals surface area contributed by atoms with Gasteiger partial charge in [-0.25, -0.2) is 0 Å². The number of carbonyl (C=O) groups is 1. The van der Waals surface area contributed by atoms with Crippen molar-refractivity contribution >= 4 is 11.8 Å². The number of amidine groups is 1. The molecule has 0 fully saturated rings. The van der Waals surface area contributed by atoms with Gasteiger partial charge < -0.3 is 10.0 Å². The molecule has 1 unspecified atom stereocenters. The van der Waals surface area contributed by atoms with Gasteiger partial charge in [-0.05, 0) is 18.8 Å². The van der Waals surface area contributed by atoms with Crippen LogP contribution in [0.15, 0.2) is 4.99 Å². The van der Waals surface area contributed by atoms with E-state index in [0.29, 0.717) is 5.92 Å². The highest BCUT2D eigenvalue weighted by molar-refractivity contribution is 5.88. The minimum atomic E-state index is -0.729. The van der Waals surface area contributed by atoms with Gasteiger partial charge in [-0.1, -0.05) is 13.8 Å². The Kier molecular flexibility index (Phi) is 4.77. The molecular weight excluding hydrogens is 204 g/mol. The number of hydrogen-bond acceptors (Lipinski definition) is 3. The zero-order valence-corrected chi connectivity index (χ0v) is 10.4. The molecule has 1 N–H and O–H groups in total. The van der Waals surface area contributed by atoms with Crippen molar-refractivity contribution in [3.05, 3.63) is 0 Å². The molecular formula is C12H22N2O2. The molecule has 1 rings (SSSR count). The third kappa shape index (κ3) is 3.83. The molecule has 1 aliphatic rings. The summed E-state index contributed by atoms with van der Waals surface area (Å²) in [6, 6.07) is 0. The fraction of sp³-hybridized carbons (Fsp3) is 0.833. The first-order valence-corrected chi connectivity index (χ1v) is 5.98. The Balaban J connectivity index is 2.73. The van der Waals surface area contributed by atoms with Crippen LogP contribution in [0.5, 0.6) is 0 Å². The number of carboxylic acid groups (broad SMARTS) is 1. The van der Waals surface area contributed by atoms with Crippen LogP contribution in [-0.2, 0) is 4.79 Å². The van der Waals surface area contributed by atoms with Crippen LogP contribution in [0.4, 0.5) is 0 Å². The SMILES string of the molecule is CC(C)CC(CC(=O)O)C1=NCCCN1C. The van der Waals surface area contributed by atoms with Crippen molar-refractivity contribution in [3.63, 3.8) is 0 Å². The number of aliphatic carboxylic acids is 1. The summed E-state index contributed by atoms with van der Waals surface area (Å²) < 4.78 is 0. The van der Waals surface area contributed by atoms with Crippen molar-refractivity contribution in [1.82, 2.24) is 4.90 Å². The molecule has 0 spiro atoms. The van der Waals surface area contributed by atoms with E-state index in [4.69, 9.17) is 5.11 Å². The number of nitrogens with zero attached hydrogens (tertiary/aromatic N) is 2. The van der Waals surface area contributed by atoms with Gasteiger partial charge in [0.05, 0.1) is 6.42 Å². The van der Waals surface area contributed by atoms with Gasteiger partial charge in [-0.3, -0.25) is 9.79 Å². The lowest BCUT2D eigenvalue weighted by atomic mass is 9.92. The Morgan fingerprint density at radius 3 is 2.75 bits per heavy atom. The zero-order chi connectivity index (χ0) is 12.1. The molecule has 0 amide bonds. The standard InChI is InChI=1S/C12H22N2O2/c1-9(2)7-10(8-11(15)16)12-13-5-4-6-14(12)3/h9-10H,4-8H2,1-3H3,(H,15,16). The summed E-state index contributed by atoms with van der Waals surface area (Å²) in [5, 5.41) is 8.94. The molecule has 1 aliphatic heterocycles. The Hall–Kier alpha value is -1.06. The fourth-order valence-electron chi connectivity index (χ4n) is 2.24. The molecule has 0 radical (unpaired) electrons. The Morgan fingerprint density at radius 2 is 2.25 bits per heavy atom. The van der Waals surface area contributed by atoms with Crippen molar-refractivity contribution in [1.29, 1.82) is 0 Å². The third-order valence-corrected chi connectivity index (χ3v) is 2.86. The van der Waals surface area contributed by atoms with E-state index in [1.165, 1.54) is 0 Å². The summed E-state index contributed by atoms with van der Waals surface area (Å²) in [4.78, 5) is 17.5. The Morgan fingerprint density at radius 1 is 1.56 bits per heavy atom. The highest BCUT2D eigenvalue weighted by atomic mass is 16.4. The van der Waals surface area contributed by atoms with E-state index in [9.17, 15) is 4.79 Å². The van der Waals surface area contributed by atoms with E-state index in [1.807, 2.05) is 7.05 Å². The van der Waals surface area contributed by atoms with Gasteiger partial charge in [0.2, 0.25) is 0 Å². The number of hydrogen-bond donors (Lipinski definition) is 1. The van der Waals surface area contributed by atoms with Crippen LogP contribution in [0.1, 0.15) is 33.1 Å². The van der Waals surface area contributed by atoms with E-state index in [0.717, 1.165) is 31.8 Å². The molecule has 16 heavy (non-hydrogen) atoms. The zero-order valence-electron chi connectivity index (χ0n) is 10.4. The maximum absolute atomic E-state index is 10.9. The lowest BCUT2D eigenvalue weighted by molar-refractivity contribution is -0.137. The van der Waals surface area contributed by atoms with Crippen molar-refractivity contribution in [3.8, 4) is 0 Å². The minimum Gasteiger partial charge on any atom is -0.481 e. The lowest BCUT2D eigenvalue weighted by Crippen LogP contribution is -2.38. The van der Waals surface area contributed by atoms with Crippen LogP contribution < -0.4 is 0 Å². The number of carboxylic acids is 1. The van der Waals surface area contributed by atoms with Crippen LogP contribution in [0.3, 0.4) is 0 Å². The Bertz CT molecular complexity index is 274.